The molecular weight excluding hydrogens is 350 g/mol. The minimum absolute atomic E-state index is 0.242. The van der Waals surface area contributed by atoms with Crippen LogP contribution in [-0.2, 0) is 11.3 Å². The van der Waals surface area contributed by atoms with Gasteiger partial charge < -0.3 is 14.8 Å². The largest absolute Gasteiger partial charge is 0.455 e. The van der Waals surface area contributed by atoms with Gasteiger partial charge in [-0.3, -0.25) is 4.79 Å². The third kappa shape index (κ3) is 4.63. The van der Waals surface area contributed by atoms with E-state index >= 15 is 0 Å². The van der Waals surface area contributed by atoms with Crippen molar-refractivity contribution in [1.29, 1.82) is 0 Å². The predicted octanol–water partition coefficient (Wildman–Crippen LogP) is 5.53. The molecule has 5 heteroatoms. The van der Waals surface area contributed by atoms with Crippen molar-refractivity contribution in [3.8, 4) is 11.5 Å². The number of anilines is 1. The van der Waals surface area contributed by atoms with Gasteiger partial charge in [0.15, 0.2) is 5.75 Å². The predicted molar refractivity (Wildman–Crippen MR) is 103 cm³/mol. The average molecular weight is 368 g/mol. The Labute approximate surface area is 157 Å². The van der Waals surface area contributed by atoms with Crippen LogP contribution in [0.15, 0.2) is 72.8 Å². The maximum atomic E-state index is 12.6. The summed E-state index contributed by atoms with van der Waals surface area (Å²) in [5.41, 5.74) is 2.04. The molecule has 0 radical (unpaired) electrons. The third-order valence-electron chi connectivity index (χ3n) is 3.69. The molecule has 0 fully saturated rings. The minimum Gasteiger partial charge on any atom is -0.455 e. The number of ether oxygens (including phenoxy) is 2. The lowest BCUT2D eigenvalue weighted by atomic mass is 10.1. The van der Waals surface area contributed by atoms with Crippen molar-refractivity contribution in [3.05, 3.63) is 88.9 Å². The van der Waals surface area contributed by atoms with E-state index in [1.165, 1.54) is 0 Å². The molecule has 0 heterocycles. The first-order chi connectivity index (χ1) is 12.7. The highest BCUT2D eigenvalue weighted by atomic mass is 35.5. The van der Waals surface area contributed by atoms with Gasteiger partial charge in [-0.25, -0.2) is 0 Å². The molecule has 0 unspecified atom stereocenters. The number of hydrogen-bond acceptors (Lipinski definition) is 3. The van der Waals surface area contributed by atoms with Crippen LogP contribution in [0.2, 0.25) is 5.02 Å². The summed E-state index contributed by atoms with van der Waals surface area (Å²) in [4.78, 5) is 12.6. The molecule has 132 valence electrons. The number of carbonyl (C=O) groups excluding carboxylic acids is 1. The van der Waals surface area contributed by atoms with E-state index in [9.17, 15) is 4.79 Å². The van der Waals surface area contributed by atoms with Crippen LogP contribution in [0.3, 0.4) is 0 Å². The van der Waals surface area contributed by atoms with Gasteiger partial charge in [0.2, 0.25) is 0 Å². The highest BCUT2D eigenvalue weighted by molar-refractivity contribution is 6.31. The molecule has 0 spiro atoms. The number of benzene rings is 3. The lowest BCUT2D eigenvalue weighted by Gasteiger charge is -2.13. The first-order valence-electron chi connectivity index (χ1n) is 8.07. The summed E-state index contributed by atoms with van der Waals surface area (Å²) in [5.74, 6) is 0.952. The number of halogens is 1. The molecule has 0 aliphatic carbocycles. The van der Waals surface area contributed by atoms with Crippen molar-refractivity contribution in [2.24, 2.45) is 0 Å². The molecule has 0 saturated carbocycles. The minimum atomic E-state index is -0.242. The van der Waals surface area contributed by atoms with Gasteiger partial charge in [0.05, 0.1) is 12.3 Å². The molecule has 3 rings (SSSR count). The van der Waals surface area contributed by atoms with Crippen LogP contribution in [0.25, 0.3) is 0 Å². The van der Waals surface area contributed by atoms with Gasteiger partial charge in [-0.15, -0.1) is 0 Å². The molecule has 0 atom stereocenters. The number of nitrogens with one attached hydrogen (secondary N) is 1. The van der Waals surface area contributed by atoms with Crippen molar-refractivity contribution >= 4 is 23.2 Å². The van der Waals surface area contributed by atoms with Crippen molar-refractivity contribution in [1.82, 2.24) is 0 Å². The number of amides is 1. The van der Waals surface area contributed by atoms with E-state index in [1.54, 1.807) is 37.4 Å². The highest BCUT2D eigenvalue weighted by Gasteiger charge is 2.12. The molecule has 0 bridgehead atoms. The standard InChI is InChI=1S/C21H18ClNO3/c1-25-14-15-7-9-16(10-8-15)21(24)23-19-13-17(22)11-12-20(19)26-18-5-3-2-4-6-18/h2-13H,14H2,1H3,(H,23,24). The third-order valence-corrected chi connectivity index (χ3v) is 3.92. The van der Waals surface area contributed by atoms with Gasteiger partial charge in [0.1, 0.15) is 5.75 Å². The maximum Gasteiger partial charge on any atom is 0.255 e. The van der Waals surface area contributed by atoms with E-state index in [0.717, 1.165) is 5.56 Å². The van der Waals surface area contributed by atoms with Crippen LogP contribution in [0.4, 0.5) is 5.69 Å². The lowest BCUT2D eigenvalue weighted by Crippen LogP contribution is -2.12. The monoisotopic (exact) mass is 367 g/mol. The first-order valence-corrected chi connectivity index (χ1v) is 8.45. The zero-order valence-electron chi connectivity index (χ0n) is 14.2. The summed E-state index contributed by atoms with van der Waals surface area (Å²) in [6.07, 6.45) is 0. The maximum absolute atomic E-state index is 12.6. The van der Waals surface area contributed by atoms with E-state index in [1.807, 2.05) is 42.5 Å². The zero-order chi connectivity index (χ0) is 18.4. The van der Waals surface area contributed by atoms with Crippen LogP contribution >= 0.6 is 11.6 Å². The molecule has 26 heavy (non-hydrogen) atoms. The molecule has 4 nitrogen and oxygen atoms in total. The molecule has 1 N–H and O–H groups in total. The van der Waals surface area contributed by atoms with Gasteiger partial charge in [0, 0.05) is 17.7 Å². The van der Waals surface area contributed by atoms with Crippen molar-refractivity contribution in [2.45, 2.75) is 6.61 Å². The quantitative estimate of drug-likeness (QED) is 0.623. The van der Waals surface area contributed by atoms with E-state index < -0.39 is 0 Å². The first kappa shape index (κ1) is 18.0. The molecule has 1 amide bonds. The van der Waals surface area contributed by atoms with Crippen molar-refractivity contribution in [2.75, 3.05) is 12.4 Å². The number of methoxy groups -OCH3 is 1. The topological polar surface area (TPSA) is 47.6 Å². The second-order valence-corrected chi connectivity index (χ2v) is 6.08. The normalized spacial score (nSPS) is 10.4. The molecular formula is C21H18ClNO3. The van der Waals surface area contributed by atoms with E-state index in [4.69, 9.17) is 21.1 Å². The Bertz CT molecular complexity index is 880. The average Bonchev–Trinajstić information content (AvgIpc) is 2.66. The Hall–Kier alpha value is -2.82. The highest BCUT2D eigenvalue weighted by Crippen LogP contribution is 2.32. The summed E-state index contributed by atoms with van der Waals surface area (Å²) in [5, 5.41) is 3.37. The fraction of sp³-hybridized carbons (Fsp3) is 0.0952. The lowest BCUT2D eigenvalue weighted by molar-refractivity contribution is 0.102. The molecule has 3 aromatic rings. The fourth-order valence-corrected chi connectivity index (χ4v) is 2.59. The number of carbonyl (C=O) groups is 1. The van der Waals surface area contributed by atoms with Crippen LogP contribution in [-0.4, -0.2) is 13.0 Å². The van der Waals surface area contributed by atoms with E-state index in [0.29, 0.717) is 34.4 Å². The molecule has 0 aliphatic rings. The Morgan fingerprint density at radius 1 is 1.00 bits per heavy atom. The summed E-state index contributed by atoms with van der Waals surface area (Å²) in [6.45, 7) is 0.505. The summed E-state index contributed by atoms with van der Waals surface area (Å²) < 4.78 is 10.9. The Morgan fingerprint density at radius 3 is 2.42 bits per heavy atom. The second kappa shape index (κ2) is 8.52. The summed E-state index contributed by atoms with van der Waals surface area (Å²) >= 11 is 6.08. The molecule has 0 aromatic heterocycles. The summed E-state index contributed by atoms with van der Waals surface area (Å²) in [6, 6.07) is 21.7. The zero-order valence-corrected chi connectivity index (χ0v) is 15.0. The van der Waals surface area contributed by atoms with Crippen molar-refractivity contribution < 1.29 is 14.3 Å². The second-order valence-electron chi connectivity index (χ2n) is 5.64. The van der Waals surface area contributed by atoms with Gasteiger partial charge in [-0.1, -0.05) is 41.9 Å². The van der Waals surface area contributed by atoms with E-state index in [2.05, 4.69) is 5.32 Å². The van der Waals surface area contributed by atoms with E-state index in [-0.39, 0.29) is 5.91 Å². The van der Waals surface area contributed by atoms with Gasteiger partial charge in [0.25, 0.3) is 5.91 Å². The van der Waals surface area contributed by atoms with Crippen LogP contribution in [0, 0.1) is 0 Å². The number of hydrogen-bond donors (Lipinski definition) is 1. The Kier molecular flexibility index (Phi) is 5.89. The van der Waals surface area contributed by atoms with Crippen LogP contribution < -0.4 is 10.1 Å². The molecule has 0 saturated heterocycles. The van der Waals surface area contributed by atoms with Gasteiger partial charge in [-0.2, -0.15) is 0 Å². The van der Waals surface area contributed by atoms with Gasteiger partial charge in [-0.05, 0) is 48.0 Å². The molecule has 3 aromatic carbocycles. The van der Waals surface area contributed by atoms with Crippen LogP contribution in [0.1, 0.15) is 15.9 Å². The Balaban J connectivity index is 1.79. The smallest absolute Gasteiger partial charge is 0.255 e. The SMILES string of the molecule is COCc1ccc(C(=O)Nc2cc(Cl)ccc2Oc2ccccc2)cc1. The van der Waals surface area contributed by atoms with Crippen LogP contribution in [0.5, 0.6) is 11.5 Å². The number of para-hydroxylation sites is 1. The number of rotatable bonds is 6. The summed E-state index contributed by atoms with van der Waals surface area (Å²) in [7, 11) is 1.63. The fourth-order valence-electron chi connectivity index (χ4n) is 2.42. The van der Waals surface area contributed by atoms with Gasteiger partial charge >= 0.3 is 0 Å². The Morgan fingerprint density at radius 2 is 1.73 bits per heavy atom. The molecule has 0 aliphatic heterocycles. The van der Waals surface area contributed by atoms with Crippen molar-refractivity contribution in [3.63, 3.8) is 0 Å².